The molecular formula is C15H27N5S. The molecule has 0 aliphatic rings. The lowest BCUT2D eigenvalue weighted by Gasteiger charge is -2.21. The molecule has 2 rings (SSSR count). The van der Waals surface area contributed by atoms with Crippen LogP contribution in [0.3, 0.4) is 0 Å². The summed E-state index contributed by atoms with van der Waals surface area (Å²) in [5.41, 5.74) is 1.26. The van der Waals surface area contributed by atoms with Crippen molar-refractivity contribution in [1.29, 1.82) is 0 Å². The van der Waals surface area contributed by atoms with E-state index in [9.17, 15) is 0 Å². The maximum atomic E-state index is 4.80. The van der Waals surface area contributed by atoms with E-state index in [4.69, 9.17) is 4.98 Å². The molecule has 0 spiro atoms. The summed E-state index contributed by atoms with van der Waals surface area (Å²) in [4.78, 5) is 10.3. The van der Waals surface area contributed by atoms with Crippen LogP contribution in [-0.4, -0.2) is 55.1 Å². The zero-order valence-electron chi connectivity index (χ0n) is 13.8. The minimum absolute atomic E-state index is 0.658. The molecule has 0 aromatic carbocycles. The van der Waals surface area contributed by atoms with Crippen molar-refractivity contribution in [2.45, 2.75) is 20.4 Å². The van der Waals surface area contributed by atoms with Crippen LogP contribution < -0.4 is 10.2 Å². The molecule has 118 valence electrons. The van der Waals surface area contributed by atoms with Crippen LogP contribution in [0.4, 0.5) is 5.82 Å². The van der Waals surface area contributed by atoms with Crippen molar-refractivity contribution in [3.63, 3.8) is 0 Å². The second-order valence-electron chi connectivity index (χ2n) is 6.19. The van der Waals surface area contributed by atoms with Crippen LogP contribution in [0, 0.1) is 5.92 Å². The topological polar surface area (TPSA) is 35.8 Å². The lowest BCUT2D eigenvalue weighted by Crippen LogP contribution is -2.30. The fraction of sp³-hybridized carbons (Fsp3) is 0.667. The molecule has 0 fully saturated rings. The number of likely N-dealkylation sites (N-methyl/N-ethyl adjacent to an activating group) is 2. The zero-order valence-corrected chi connectivity index (χ0v) is 14.6. The molecule has 2 aromatic rings. The predicted octanol–water partition coefficient (Wildman–Crippen LogP) is 2.14. The molecule has 21 heavy (non-hydrogen) atoms. The summed E-state index contributed by atoms with van der Waals surface area (Å²) in [6, 6.07) is 0. The molecule has 0 saturated heterocycles. The summed E-state index contributed by atoms with van der Waals surface area (Å²) in [6.07, 6.45) is 2.11. The molecule has 0 bridgehead atoms. The maximum Gasteiger partial charge on any atom is 0.195 e. The van der Waals surface area contributed by atoms with Gasteiger partial charge in [-0.15, -0.1) is 11.3 Å². The van der Waals surface area contributed by atoms with Crippen LogP contribution >= 0.6 is 11.3 Å². The van der Waals surface area contributed by atoms with Gasteiger partial charge in [-0.3, -0.25) is 4.40 Å². The van der Waals surface area contributed by atoms with E-state index >= 15 is 0 Å². The highest BCUT2D eigenvalue weighted by atomic mass is 32.1. The Balaban J connectivity index is 2.15. The standard InChI is InChI=1S/C15H27N5S/c1-12(2)10-16-11-13-14(19(5)7-6-18(3)4)17-15-20(13)8-9-21-15/h8-9,12,16H,6-7,10-11H2,1-5H3. The average molecular weight is 309 g/mol. The molecule has 6 heteroatoms. The number of hydrogen-bond acceptors (Lipinski definition) is 5. The predicted molar refractivity (Wildman–Crippen MR) is 91.4 cm³/mol. The number of nitrogens with zero attached hydrogens (tertiary/aromatic N) is 4. The van der Waals surface area contributed by atoms with Gasteiger partial charge in [0, 0.05) is 38.3 Å². The number of aromatic nitrogens is 2. The minimum atomic E-state index is 0.658. The van der Waals surface area contributed by atoms with E-state index in [1.807, 2.05) is 0 Å². The van der Waals surface area contributed by atoms with Crippen LogP contribution in [0.5, 0.6) is 0 Å². The van der Waals surface area contributed by atoms with E-state index in [1.54, 1.807) is 11.3 Å². The van der Waals surface area contributed by atoms with E-state index in [-0.39, 0.29) is 0 Å². The van der Waals surface area contributed by atoms with Crippen molar-refractivity contribution in [3.8, 4) is 0 Å². The second kappa shape index (κ2) is 7.24. The Morgan fingerprint density at radius 3 is 2.71 bits per heavy atom. The van der Waals surface area contributed by atoms with Crippen molar-refractivity contribution >= 4 is 22.1 Å². The van der Waals surface area contributed by atoms with Gasteiger partial charge in [-0.2, -0.15) is 0 Å². The first-order valence-corrected chi connectivity index (χ1v) is 8.38. The van der Waals surface area contributed by atoms with Gasteiger partial charge in [0.05, 0.1) is 5.69 Å². The molecule has 0 aliphatic carbocycles. The third kappa shape index (κ3) is 4.18. The third-order valence-corrected chi connectivity index (χ3v) is 4.19. The first kappa shape index (κ1) is 16.3. The first-order chi connectivity index (χ1) is 9.99. The summed E-state index contributed by atoms with van der Waals surface area (Å²) in [6.45, 7) is 8.35. The number of nitrogens with one attached hydrogen (secondary N) is 1. The van der Waals surface area contributed by atoms with Crippen molar-refractivity contribution in [1.82, 2.24) is 19.6 Å². The molecule has 0 saturated carbocycles. The molecule has 0 radical (unpaired) electrons. The van der Waals surface area contributed by atoms with Crippen LogP contribution in [0.2, 0.25) is 0 Å². The Bertz CT molecular complexity index is 557. The Morgan fingerprint density at radius 1 is 1.29 bits per heavy atom. The molecule has 2 aromatic heterocycles. The number of rotatable bonds is 8. The number of hydrogen-bond donors (Lipinski definition) is 1. The number of thiazole rings is 1. The quantitative estimate of drug-likeness (QED) is 0.810. The number of anilines is 1. The molecular weight excluding hydrogens is 282 g/mol. The number of imidazole rings is 1. The van der Waals surface area contributed by atoms with Crippen molar-refractivity contribution in [2.75, 3.05) is 45.7 Å². The summed E-state index contributed by atoms with van der Waals surface area (Å²) in [5, 5.41) is 5.63. The number of fused-ring (bicyclic) bond motifs is 1. The van der Waals surface area contributed by atoms with Gasteiger partial charge in [-0.05, 0) is 26.6 Å². The van der Waals surface area contributed by atoms with Crippen molar-refractivity contribution in [2.24, 2.45) is 5.92 Å². The normalized spacial score (nSPS) is 12.0. The monoisotopic (exact) mass is 309 g/mol. The van der Waals surface area contributed by atoms with E-state index < -0.39 is 0 Å². The molecule has 0 unspecified atom stereocenters. The van der Waals surface area contributed by atoms with Crippen LogP contribution in [0.25, 0.3) is 4.96 Å². The molecule has 0 atom stereocenters. The van der Waals surface area contributed by atoms with E-state index in [1.165, 1.54) is 5.69 Å². The van der Waals surface area contributed by atoms with Gasteiger partial charge in [0.2, 0.25) is 0 Å². The van der Waals surface area contributed by atoms with E-state index in [2.05, 4.69) is 66.1 Å². The fourth-order valence-electron chi connectivity index (χ4n) is 2.23. The first-order valence-electron chi connectivity index (χ1n) is 7.50. The second-order valence-corrected chi connectivity index (χ2v) is 7.06. The highest BCUT2D eigenvalue weighted by Crippen LogP contribution is 2.23. The van der Waals surface area contributed by atoms with Gasteiger partial charge in [-0.1, -0.05) is 13.8 Å². The molecule has 0 aliphatic heterocycles. The van der Waals surface area contributed by atoms with E-state index in [0.717, 1.165) is 37.0 Å². The highest BCUT2D eigenvalue weighted by molar-refractivity contribution is 7.15. The van der Waals surface area contributed by atoms with Gasteiger partial charge in [0.1, 0.15) is 0 Å². The molecule has 5 nitrogen and oxygen atoms in total. The summed E-state index contributed by atoms with van der Waals surface area (Å²) >= 11 is 1.69. The van der Waals surface area contributed by atoms with Crippen molar-refractivity contribution < 1.29 is 0 Å². The van der Waals surface area contributed by atoms with Gasteiger partial charge < -0.3 is 15.1 Å². The Labute approximate surface area is 131 Å². The fourth-order valence-corrected chi connectivity index (χ4v) is 2.95. The van der Waals surface area contributed by atoms with Gasteiger partial charge in [-0.25, -0.2) is 4.98 Å². The Hall–Kier alpha value is -1.11. The van der Waals surface area contributed by atoms with Gasteiger partial charge >= 0.3 is 0 Å². The highest BCUT2D eigenvalue weighted by Gasteiger charge is 2.16. The zero-order chi connectivity index (χ0) is 15.4. The molecule has 2 heterocycles. The Kier molecular flexibility index (Phi) is 5.61. The lowest BCUT2D eigenvalue weighted by molar-refractivity contribution is 0.416. The minimum Gasteiger partial charge on any atom is -0.357 e. The van der Waals surface area contributed by atoms with Crippen molar-refractivity contribution in [3.05, 3.63) is 17.3 Å². The van der Waals surface area contributed by atoms with Crippen LogP contribution in [-0.2, 0) is 6.54 Å². The maximum absolute atomic E-state index is 4.80. The van der Waals surface area contributed by atoms with Gasteiger partial charge in [0.25, 0.3) is 0 Å². The smallest absolute Gasteiger partial charge is 0.195 e. The molecule has 0 amide bonds. The Morgan fingerprint density at radius 2 is 2.05 bits per heavy atom. The van der Waals surface area contributed by atoms with E-state index in [0.29, 0.717) is 5.92 Å². The molecule has 1 N–H and O–H groups in total. The van der Waals surface area contributed by atoms with Crippen LogP contribution in [0.1, 0.15) is 19.5 Å². The summed E-state index contributed by atoms with van der Waals surface area (Å²) in [7, 11) is 6.33. The third-order valence-electron chi connectivity index (χ3n) is 3.43. The summed E-state index contributed by atoms with van der Waals surface area (Å²) in [5.74, 6) is 1.76. The summed E-state index contributed by atoms with van der Waals surface area (Å²) < 4.78 is 2.21. The largest absolute Gasteiger partial charge is 0.357 e. The van der Waals surface area contributed by atoms with Gasteiger partial charge in [0.15, 0.2) is 10.8 Å². The lowest BCUT2D eigenvalue weighted by atomic mass is 10.2. The SMILES string of the molecule is CC(C)CNCc1c(N(C)CCN(C)C)nc2sccn12. The van der Waals surface area contributed by atoms with Crippen LogP contribution in [0.15, 0.2) is 11.6 Å². The average Bonchev–Trinajstić information content (AvgIpc) is 2.97.